The number of nitrogens with zero attached hydrogens (tertiary/aromatic N) is 2. The number of carbonyl (C=O) groups is 2. The summed E-state index contributed by atoms with van der Waals surface area (Å²) < 4.78 is 12.2. The summed E-state index contributed by atoms with van der Waals surface area (Å²) in [6.45, 7) is 6.66. The molecule has 206 valence electrons. The number of aryl methyl sites for hydroxylation is 1. The molecule has 0 saturated heterocycles. The zero-order valence-corrected chi connectivity index (χ0v) is 23.1. The maximum atomic E-state index is 13.7. The van der Waals surface area contributed by atoms with Crippen LogP contribution < -0.4 is 20.5 Å². The number of nitrogens with one attached hydrogen (secondary N) is 1. The molecular formula is C31H38N4O4. The predicted octanol–water partition coefficient (Wildman–Crippen LogP) is 4.96. The van der Waals surface area contributed by atoms with Gasteiger partial charge < -0.3 is 20.5 Å². The molecule has 39 heavy (non-hydrogen) atoms. The second-order valence-corrected chi connectivity index (χ2v) is 12.1. The molecule has 0 radical (unpaired) electrons. The third-order valence-corrected chi connectivity index (χ3v) is 8.79. The van der Waals surface area contributed by atoms with Crippen molar-refractivity contribution in [1.82, 2.24) is 10.2 Å². The fourth-order valence-corrected chi connectivity index (χ4v) is 6.69. The monoisotopic (exact) mass is 530 g/mol. The first-order chi connectivity index (χ1) is 18.7. The number of ether oxygens (including phenoxy) is 2. The summed E-state index contributed by atoms with van der Waals surface area (Å²) in [5.41, 5.74) is 9.22. The molecule has 8 heteroatoms. The molecule has 0 unspecified atom stereocenters. The van der Waals surface area contributed by atoms with Gasteiger partial charge in [-0.3, -0.25) is 14.5 Å². The van der Waals surface area contributed by atoms with Gasteiger partial charge in [0, 0.05) is 29.5 Å². The number of hydrogen-bond acceptors (Lipinski definition) is 6. The summed E-state index contributed by atoms with van der Waals surface area (Å²) in [5.74, 6) is 1.59. The van der Waals surface area contributed by atoms with E-state index in [2.05, 4.69) is 38.2 Å². The van der Waals surface area contributed by atoms with Crippen LogP contribution in [0.25, 0.3) is 0 Å². The van der Waals surface area contributed by atoms with Crippen LogP contribution in [-0.4, -0.2) is 40.4 Å². The average molecular weight is 531 g/mol. The van der Waals surface area contributed by atoms with Crippen LogP contribution in [0.4, 0.5) is 0 Å². The molecule has 3 atom stereocenters. The van der Waals surface area contributed by atoms with Crippen LogP contribution in [0.3, 0.4) is 0 Å². The van der Waals surface area contributed by atoms with E-state index in [0.717, 1.165) is 49.0 Å². The summed E-state index contributed by atoms with van der Waals surface area (Å²) in [7, 11) is 0. The molecule has 0 saturated carbocycles. The Morgan fingerprint density at radius 1 is 1.10 bits per heavy atom. The van der Waals surface area contributed by atoms with Gasteiger partial charge in [-0.05, 0) is 69.4 Å². The lowest BCUT2D eigenvalue weighted by Gasteiger charge is -2.42. The van der Waals surface area contributed by atoms with Crippen molar-refractivity contribution in [1.29, 1.82) is 0 Å². The van der Waals surface area contributed by atoms with Crippen molar-refractivity contribution in [2.75, 3.05) is 6.61 Å². The van der Waals surface area contributed by atoms with E-state index in [-0.39, 0.29) is 29.9 Å². The summed E-state index contributed by atoms with van der Waals surface area (Å²) >= 11 is 0. The van der Waals surface area contributed by atoms with Crippen molar-refractivity contribution in [2.45, 2.75) is 95.4 Å². The smallest absolute Gasteiger partial charge is 0.251 e. The van der Waals surface area contributed by atoms with Crippen molar-refractivity contribution in [3.05, 3.63) is 58.7 Å². The normalized spacial score (nSPS) is 27.9. The van der Waals surface area contributed by atoms with E-state index < -0.39 is 11.1 Å². The Labute approximate surface area is 229 Å². The second kappa shape index (κ2) is 9.57. The molecule has 7 rings (SSSR count). The molecule has 0 aliphatic carbocycles. The van der Waals surface area contributed by atoms with E-state index in [1.165, 1.54) is 5.56 Å². The molecule has 5 heterocycles. The third kappa shape index (κ3) is 4.74. The highest BCUT2D eigenvalue weighted by Gasteiger charge is 2.42. The van der Waals surface area contributed by atoms with Gasteiger partial charge in [0.15, 0.2) is 5.96 Å². The van der Waals surface area contributed by atoms with Gasteiger partial charge in [-0.15, -0.1) is 0 Å². The number of rotatable bonds is 1. The number of carbonyl (C=O) groups excluding carboxylic acids is 2. The van der Waals surface area contributed by atoms with Crippen LogP contribution in [0.5, 0.6) is 11.5 Å². The summed E-state index contributed by atoms with van der Waals surface area (Å²) in [4.78, 5) is 33.9. The van der Waals surface area contributed by atoms with Gasteiger partial charge in [0.1, 0.15) is 17.1 Å². The highest BCUT2D eigenvalue weighted by Crippen LogP contribution is 2.43. The molecule has 0 spiro atoms. The Morgan fingerprint density at radius 2 is 1.92 bits per heavy atom. The van der Waals surface area contributed by atoms with Gasteiger partial charge in [-0.1, -0.05) is 25.5 Å². The lowest BCUT2D eigenvalue weighted by atomic mass is 9.83. The Kier molecular flexibility index (Phi) is 6.31. The van der Waals surface area contributed by atoms with E-state index in [1.54, 1.807) is 11.0 Å². The lowest BCUT2D eigenvalue weighted by molar-refractivity contribution is -0.132. The quantitative estimate of drug-likeness (QED) is 0.542. The topological polar surface area (TPSA) is 106 Å². The number of fused-ring (bicyclic) bond motifs is 5. The number of aliphatic imine (C=N–C) groups is 1. The minimum absolute atomic E-state index is 0.0113. The lowest BCUT2D eigenvalue weighted by Crippen LogP contribution is -2.53. The maximum Gasteiger partial charge on any atom is 0.251 e. The standard InChI is InChI=1S/C31H38N4O4/c1-4-31-13-6-5-7-19-8-10-26-21(15-19)23(17-30(2,3)39-26)33-28(37)20-9-11-25-22(16-20)24(12-14-38-25)35(27(36)18-31)29(32)34-31/h8-11,15-16,23-24H,4-7,12-14,17-18H2,1-3H3,(H2,32,34)(H,33,37)/t23-,24+,31-/m0/s1. The molecule has 2 aromatic carbocycles. The largest absolute Gasteiger partial charge is 0.493 e. The van der Waals surface area contributed by atoms with Crippen LogP contribution in [0, 0.1) is 0 Å². The Balaban J connectivity index is 1.44. The van der Waals surface area contributed by atoms with Crippen LogP contribution in [-0.2, 0) is 11.2 Å². The SMILES string of the molecule is CC[C@]12CCCCc3ccc4c(c3)[C@H](CC(C)(C)O4)NC(=O)c3ccc4c(c3)[C@@H](CCO4)N(C(=O)C1)C(N)=N2. The summed E-state index contributed by atoms with van der Waals surface area (Å²) in [5, 5.41) is 3.28. The molecule has 8 nitrogen and oxygen atoms in total. The van der Waals surface area contributed by atoms with Crippen molar-refractivity contribution < 1.29 is 19.1 Å². The fraction of sp³-hybridized carbons (Fsp3) is 0.516. The van der Waals surface area contributed by atoms with Gasteiger partial charge in [-0.2, -0.15) is 0 Å². The number of guanidine groups is 1. The van der Waals surface area contributed by atoms with Crippen LogP contribution in [0.1, 0.15) is 105 Å². The highest BCUT2D eigenvalue weighted by atomic mass is 16.5. The Bertz CT molecular complexity index is 1350. The van der Waals surface area contributed by atoms with Gasteiger partial charge in [0.05, 0.1) is 30.7 Å². The van der Waals surface area contributed by atoms with E-state index >= 15 is 0 Å². The highest BCUT2D eigenvalue weighted by molar-refractivity contribution is 6.00. The van der Waals surface area contributed by atoms with Crippen molar-refractivity contribution in [2.24, 2.45) is 10.7 Å². The number of benzene rings is 2. The third-order valence-electron chi connectivity index (χ3n) is 8.79. The Morgan fingerprint density at radius 3 is 2.72 bits per heavy atom. The first-order valence-corrected chi connectivity index (χ1v) is 14.2. The number of hydrogen-bond donors (Lipinski definition) is 2. The van der Waals surface area contributed by atoms with E-state index in [1.807, 2.05) is 18.2 Å². The van der Waals surface area contributed by atoms with E-state index in [0.29, 0.717) is 37.2 Å². The molecule has 0 aromatic heterocycles. The zero-order valence-electron chi connectivity index (χ0n) is 23.1. The van der Waals surface area contributed by atoms with Gasteiger partial charge >= 0.3 is 0 Å². The van der Waals surface area contributed by atoms with Crippen LogP contribution in [0.15, 0.2) is 41.4 Å². The summed E-state index contributed by atoms with van der Waals surface area (Å²) in [6.07, 6.45) is 6.00. The maximum absolute atomic E-state index is 13.7. The van der Waals surface area contributed by atoms with Crippen LogP contribution in [0.2, 0.25) is 0 Å². The van der Waals surface area contributed by atoms with Gasteiger partial charge in [0.25, 0.3) is 5.91 Å². The summed E-state index contributed by atoms with van der Waals surface area (Å²) in [6, 6.07) is 11.3. The molecule has 2 amide bonds. The molecular weight excluding hydrogens is 492 g/mol. The minimum atomic E-state index is -0.473. The zero-order chi connectivity index (χ0) is 27.4. The van der Waals surface area contributed by atoms with Gasteiger partial charge in [-0.25, -0.2) is 4.99 Å². The van der Waals surface area contributed by atoms with Crippen molar-refractivity contribution >= 4 is 17.8 Å². The molecule has 5 aliphatic heterocycles. The average Bonchev–Trinajstić information content (AvgIpc) is 2.90. The van der Waals surface area contributed by atoms with Crippen molar-refractivity contribution in [3.8, 4) is 11.5 Å². The number of nitrogens with two attached hydrogens (primary N) is 1. The van der Waals surface area contributed by atoms with Gasteiger partial charge in [0.2, 0.25) is 5.91 Å². The van der Waals surface area contributed by atoms with Crippen LogP contribution >= 0.6 is 0 Å². The second-order valence-electron chi connectivity index (χ2n) is 12.1. The minimum Gasteiger partial charge on any atom is -0.493 e. The molecule has 2 aromatic rings. The first kappa shape index (κ1) is 25.7. The van der Waals surface area contributed by atoms with E-state index in [9.17, 15) is 9.59 Å². The number of amides is 2. The predicted molar refractivity (Wildman–Crippen MR) is 149 cm³/mol. The fourth-order valence-electron chi connectivity index (χ4n) is 6.69. The molecule has 3 N–H and O–H groups in total. The van der Waals surface area contributed by atoms with E-state index in [4.69, 9.17) is 20.2 Å². The molecule has 6 bridgehead atoms. The molecule has 5 aliphatic rings. The first-order valence-electron chi connectivity index (χ1n) is 14.2. The Hall–Kier alpha value is -3.55. The van der Waals surface area contributed by atoms with Crippen molar-refractivity contribution in [3.63, 3.8) is 0 Å². The molecule has 0 fully saturated rings.